The Morgan fingerprint density at radius 3 is 2.58 bits per heavy atom. The number of hydrogen-bond acceptors (Lipinski definition) is 4. The SMILES string of the molecule is CCOC(=O)CCCCCNc1ccc(SC)cc1. The number of nitrogens with one attached hydrogen (secondary N) is 1. The van der Waals surface area contributed by atoms with Crippen LogP contribution in [0.2, 0.25) is 0 Å². The predicted octanol–water partition coefficient (Wildman–Crippen LogP) is 3.94. The number of hydrogen-bond donors (Lipinski definition) is 1. The van der Waals surface area contributed by atoms with Crippen LogP contribution in [0.3, 0.4) is 0 Å². The molecule has 0 aromatic heterocycles. The zero-order chi connectivity index (χ0) is 13.9. The quantitative estimate of drug-likeness (QED) is 0.422. The third kappa shape index (κ3) is 7.11. The molecule has 0 aliphatic rings. The molecule has 0 unspecified atom stereocenters. The lowest BCUT2D eigenvalue weighted by Crippen LogP contribution is -2.04. The Labute approximate surface area is 120 Å². The second-order valence-corrected chi connectivity index (χ2v) is 5.15. The molecule has 0 bridgehead atoms. The molecule has 1 aromatic carbocycles. The van der Waals surface area contributed by atoms with Gasteiger partial charge < -0.3 is 10.1 Å². The fourth-order valence-corrected chi connectivity index (χ4v) is 2.15. The van der Waals surface area contributed by atoms with Crippen LogP contribution in [0.4, 0.5) is 5.69 Å². The van der Waals surface area contributed by atoms with Crippen LogP contribution < -0.4 is 5.32 Å². The van der Waals surface area contributed by atoms with Crippen LogP contribution in [0.25, 0.3) is 0 Å². The summed E-state index contributed by atoms with van der Waals surface area (Å²) < 4.78 is 4.88. The summed E-state index contributed by atoms with van der Waals surface area (Å²) in [5.74, 6) is -0.0805. The fraction of sp³-hybridized carbons (Fsp3) is 0.533. The molecule has 0 fully saturated rings. The van der Waals surface area contributed by atoms with Gasteiger partial charge in [-0.2, -0.15) is 0 Å². The highest BCUT2D eigenvalue weighted by molar-refractivity contribution is 7.98. The van der Waals surface area contributed by atoms with Gasteiger partial charge in [0.1, 0.15) is 0 Å². The average molecular weight is 281 g/mol. The molecule has 0 aliphatic carbocycles. The Morgan fingerprint density at radius 2 is 1.95 bits per heavy atom. The lowest BCUT2D eigenvalue weighted by Gasteiger charge is -2.07. The van der Waals surface area contributed by atoms with Gasteiger partial charge in [0.05, 0.1) is 6.61 Å². The van der Waals surface area contributed by atoms with Crippen molar-refractivity contribution in [2.24, 2.45) is 0 Å². The van der Waals surface area contributed by atoms with E-state index in [4.69, 9.17) is 4.74 Å². The Kier molecular flexibility index (Phi) is 8.14. The van der Waals surface area contributed by atoms with Crippen LogP contribution in [0.15, 0.2) is 29.2 Å². The van der Waals surface area contributed by atoms with Crippen LogP contribution in [-0.2, 0) is 9.53 Å². The summed E-state index contributed by atoms with van der Waals surface area (Å²) >= 11 is 1.75. The summed E-state index contributed by atoms with van der Waals surface area (Å²) in [6.07, 6.45) is 5.65. The third-order valence-electron chi connectivity index (χ3n) is 2.78. The number of rotatable bonds is 9. The van der Waals surface area contributed by atoms with E-state index in [-0.39, 0.29) is 5.97 Å². The number of carbonyl (C=O) groups is 1. The summed E-state index contributed by atoms with van der Waals surface area (Å²) in [6, 6.07) is 8.44. The molecule has 3 nitrogen and oxygen atoms in total. The summed E-state index contributed by atoms with van der Waals surface area (Å²) in [6.45, 7) is 3.26. The van der Waals surface area contributed by atoms with Crippen LogP contribution in [0.1, 0.15) is 32.6 Å². The van der Waals surface area contributed by atoms with Gasteiger partial charge in [-0.05, 0) is 50.3 Å². The van der Waals surface area contributed by atoms with Crippen molar-refractivity contribution >= 4 is 23.4 Å². The Bertz CT molecular complexity index is 365. The van der Waals surface area contributed by atoms with Crippen molar-refractivity contribution in [3.8, 4) is 0 Å². The molecular weight excluding hydrogens is 258 g/mol. The second-order valence-electron chi connectivity index (χ2n) is 4.27. The van der Waals surface area contributed by atoms with Gasteiger partial charge in [0.2, 0.25) is 0 Å². The van der Waals surface area contributed by atoms with Crippen LogP contribution >= 0.6 is 11.8 Å². The third-order valence-corrected chi connectivity index (χ3v) is 3.53. The van der Waals surface area contributed by atoms with Crippen molar-refractivity contribution in [2.45, 2.75) is 37.5 Å². The van der Waals surface area contributed by atoms with Crippen LogP contribution in [-0.4, -0.2) is 25.4 Å². The summed E-state index contributed by atoms with van der Waals surface area (Å²) in [7, 11) is 0. The van der Waals surface area contributed by atoms with E-state index in [2.05, 4.69) is 35.8 Å². The van der Waals surface area contributed by atoms with Crippen molar-refractivity contribution in [3.05, 3.63) is 24.3 Å². The van der Waals surface area contributed by atoms with Crippen LogP contribution in [0.5, 0.6) is 0 Å². The van der Waals surface area contributed by atoms with Gasteiger partial charge in [-0.1, -0.05) is 6.42 Å². The van der Waals surface area contributed by atoms with Gasteiger partial charge in [0.15, 0.2) is 0 Å². The maximum atomic E-state index is 11.1. The van der Waals surface area contributed by atoms with E-state index in [9.17, 15) is 4.79 Å². The predicted molar refractivity (Wildman–Crippen MR) is 81.8 cm³/mol. The molecule has 0 spiro atoms. The summed E-state index contributed by atoms with van der Waals surface area (Å²) in [5, 5.41) is 3.38. The summed E-state index contributed by atoms with van der Waals surface area (Å²) in [5.41, 5.74) is 1.16. The highest BCUT2D eigenvalue weighted by atomic mass is 32.2. The van der Waals surface area contributed by atoms with Crippen molar-refractivity contribution < 1.29 is 9.53 Å². The molecule has 1 rings (SSSR count). The topological polar surface area (TPSA) is 38.3 Å². The highest BCUT2D eigenvalue weighted by Crippen LogP contribution is 2.17. The zero-order valence-electron chi connectivity index (χ0n) is 11.8. The van der Waals surface area contributed by atoms with Crippen molar-refractivity contribution in [1.29, 1.82) is 0 Å². The number of benzene rings is 1. The minimum absolute atomic E-state index is 0.0805. The molecule has 0 heterocycles. The molecule has 0 atom stereocenters. The Balaban J connectivity index is 2.05. The van der Waals surface area contributed by atoms with Gasteiger partial charge in [-0.3, -0.25) is 4.79 Å². The zero-order valence-corrected chi connectivity index (χ0v) is 12.6. The first-order chi connectivity index (χ1) is 9.26. The average Bonchev–Trinajstić information content (AvgIpc) is 2.43. The molecule has 0 amide bonds. The van der Waals surface area contributed by atoms with E-state index in [0.29, 0.717) is 13.0 Å². The first kappa shape index (κ1) is 15.9. The molecule has 4 heteroatoms. The molecule has 1 aromatic rings. The van der Waals surface area contributed by atoms with E-state index in [0.717, 1.165) is 31.5 Å². The monoisotopic (exact) mass is 281 g/mol. The van der Waals surface area contributed by atoms with Crippen molar-refractivity contribution in [3.63, 3.8) is 0 Å². The van der Waals surface area contributed by atoms with Crippen molar-refractivity contribution in [1.82, 2.24) is 0 Å². The smallest absolute Gasteiger partial charge is 0.305 e. The van der Waals surface area contributed by atoms with Gasteiger partial charge in [-0.25, -0.2) is 0 Å². The normalized spacial score (nSPS) is 10.2. The van der Waals surface area contributed by atoms with E-state index in [1.54, 1.807) is 11.8 Å². The van der Waals surface area contributed by atoms with E-state index >= 15 is 0 Å². The maximum absolute atomic E-state index is 11.1. The largest absolute Gasteiger partial charge is 0.466 e. The lowest BCUT2D eigenvalue weighted by atomic mass is 10.2. The van der Waals surface area contributed by atoms with E-state index in [1.807, 2.05) is 6.92 Å². The van der Waals surface area contributed by atoms with Crippen molar-refractivity contribution in [2.75, 3.05) is 24.7 Å². The van der Waals surface area contributed by atoms with E-state index in [1.165, 1.54) is 4.90 Å². The first-order valence-electron chi connectivity index (χ1n) is 6.79. The number of ether oxygens (including phenoxy) is 1. The number of esters is 1. The number of unbranched alkanes of at least 4 members (excludes halogenated alkanes) is 2. The standard InChI is InChI=1S/C15H23NO2S/c1-3-18-15(17)7-5-4-6-12-16-13-8-10-14(19-2)11-9-13/h8-11,16H,3-7,12H2,1-2H3. The molecule has 0 saturated heterocycles. The van der Waals surface area contributed by atoms with Gasteiger partial charge in [-0.15, -0.1) is 11.8 Å². The lowest BCUT2D eigenvalue weighted by molar-refractivity contribution is -0.143. The molecule has 0 saturated carbocycles. The molecule has 0 aliphatic heterocycles. The van der Waals surface area contributed by atoms with Crippen LogP contribution in [0, 0.1) is 0 Å². The minimum atomic E-state index is -0.0805. The minimum Gasteiger partial charge on any atom is -0.466 e. The Morgan fingerprint density at radius 1 is 1.21 bits per heavy atom. The second kappa shape index (κ2) is 9.73. The number of carbonyl (C=O) groups excluding carboxylic acids is 1. The molecule has 106 valence electrons. The number of anilines is 1. The van der Waals surface area contributed by atoms with Gasteiger partial charge in [0.25, 0.3) is 0 Å². The Hall–Kier alpha value is -1.16. The maximum Gasteiger partial charge on any atom is 0.305 e. The van der Waals surface area contributed by atoms with Gasteiger partial charge >= 0.3 is 5.97 Å². The number of thioether (sulfide) groups is 1. The fourth-order valence-electron chi connectivity index (χ4n) is 1.75. The van der Waals surface area contributed by atoms with E-state index < -0.39 is 0 Å². The molecule has 19 heavy (non-hydrogen) atoms. The molecular formula is C15H23NO2S. The first-order valence-corrected chi connectivity index (χ1v) is 8.02. The summed E-state index contributed by atoms with van der Waals surface area (Å²) in [4.78, 5) is 12.4. The molecule has 1 N–H and O–H groups in total. The molecule has 0 radical (unpaired) electrons. The van der Waals surface area contributed by atoms with Gasteiger partial charge in [0, 0.05) is 23.5 Å². The highest BCUT2D eigenvalue weighted by Gasteiger charge is 2.00.